The van der Waals surface area contributed by atoms with Crippen LogP contribution in [0.3, 0.4) is 0 Å². The normalized spacial score (nSPS) is 18.0. The molecule has 0 rings (SSSR count). The van der Waals surface area contributed by atoms with Crippen LogP contribution in [0, 0.1) is 0 Å². The van der Waals surface area contributed by atoms with Gasteiger partial charge in [0.25, 0.3) is 0 Å². The molecule has 0 aliphatic rings. The average molecular weight is 167 g/mol. The molecular formula is CoF4O2. The van der Waals surface area contributed by atoms with Crippen LogP contribution in [0.25, 0.3) is 0 Å². The molecule has 0 atom stereocenters. The van der Waals surface area contributed by atoms with Crippen molar-refractivity contribution in [3.8, 4) is 0 Å². The summed E-state index contributed by atoms with van der Waals surface area (Å²) in [6, 6.07) is 0. The first-order valence-electron chi connectivity index (χ1n) is 0.804. The fraction of sp³-hybridized carbons (Fsp3) is 0. The predicted octanol–water partition coefficient (Wildman–Crippen LogP) is 1.49. The van der Waals surface area contributed by atoms with Crippen molar-refractivity contribution in [1.82, 2.24) is 0 Å². The third kappa shape index (κ3) is 5.99. The molecule has 7 heavy (non-hydrogen) atoms. The summed E-state index contributed by atoms with van der Waals surface area (Å²) in [6.07, 6.45) is 0. The van der Waals surface area contributed by atoms with E-state index in [1.165, 1.54) is 4.05 Å². The molecule has 0 radical (unpaired) electrons. The summed E-state index contributed by atoms with van der Waals surface area (Å²) in [5.41, 5.74) is 0. The van der Waals surface area contributed by atoms with E-state index in [4.69, 9.17) is 3.87 Å². The quantitative estimate of drug-likeness (QED) is 0.553. The van der Waals surface area contributed by atoms with Gasteiger partial charge in [-0.2, -0.15) is 0 Å². The number of hydrogen-bond donors (Lipinski definition) is 0. The van der Waals surface area contributed by atoms with Crippen LogP contribution < -0.4 is 0 Å². The summed E-state index contributed by atoms with van der Waals surface area (Å²) in [6.45, 7) is 0. The molecule has 49 valence electrons. The minimum atomic E-state index is -7.98. The van der Waals surface area contributed by atoms with Crippen molar-refractivity contribution >= 4 is 0 Å². The van der Waals surface area contributed by atoms with Gasteiger partial charge in [0.05, 0.1) is 0 Å². The molecule has 0 heterocycles. The molecule has 0 aromatic carbocycles. The molecule has 0 amide bonds. The van der Waals surface area contributed by atoms with Crippen molar-refractivity contribution in [3.63, 3.8) is 0 Å². The molecule has 0 saturated carbocycles. The van der Waals surface area contributed by atoms with Gasteiger partial charge in [-0.05, 0) is 0 Å². The molecule has 0 fully saturated rings. The van der Waals surface area contributed by atoms with Crippen molar-refractivity contribution < 1.29 is 36.4 Å². The Morgan fingerprint density at radius 2 is 1.43 bits per heavy atom. The molecule has 0 bridgehead atoms. The Morgan fingerprint density at radius 3 is 1.43 bits per heavy atom. The number of hydrogen-bond acceptors (Lipinski definition) is 2. The SMILES string of the molecule is [O]=[Co]([F])([F])([F])[O]F. The van der Waals surface area contributed by atoms with Gasteiger partial charge in [0.1, 0.15) is 0 Å². The Labute approximate surface area is 37.4 Å². The summed E-state index contributed by atoms with van der Waals surface area (Å²) >= 11 is -7.98. The Bertz CT molecular complexity index is 111. The first kappa shape index (κ1) is 6.99. The zero-order valence-electron chi connectivity index (χ0n) is 2.66. The van der Waals surface area contributed by atoms with Gasteiger partial charge in [-0.15, -0.1) is 0 Å². The van der Waals surface area contributed by atoms with Crippen LogP contribution in [0.2, 0.25) is 0 Å². The topological polar surface area (TPSA) is 26.3 Å². The summed E-state index contributed by atoms with van der Waals surface area (Å²) in [5, 5.41) is 0. The maximum atomic E-state index is 10.4. The summed E-state index contributed by atoms with van der Waals surface area (Å²) < 4.78 is 51.1. The van der Waals surface area contributed by atoms with Gasteiger partial charge in [0, 0.05) is 0 Å². The van der Waals surface area contributed by atoms with Crippen LogP contribution in [0.4, 0.5) is 15.3 Å². The second kappa shape index (κ2) is 1.23. The van der Waals surface area contributed by atoms with Crippen LogP contribution in [0.1, 0.15) is 0 Å². The van der Waals surface area contributed by atoms with E-state index in [1.807, 2.05) is 0 Å². The first-order valence-corrected chi connectivity index (χ1v) is 2.83. The average Bonchev–Trinajstić information content (AvgIpc) is 1.32. The second-order valence-corrected chi connectivity index (χ2v) is 2.30. The molecule has 0 spiro atoms. The molecule has 0 aliphatic carbocycles. The third-order valence-electron chi connectivity index (χ3n) is 0.0793. The molecule has 0 saturated heterocycles. The Morgan fingerprint density at radius 1 is 1.29 bits per heavy atom. The Balaban J connectivity index is 4.14. The fourth-order valence-corrected chi connectivity index (χ4v) is 0. The van der Waals surface area contributed by atoms with Crippen molar-refractivity contribution in [3.05, 3.63) is 0 Å². The monoisotopic (exact) mass is 167 g/mol. The van der Waals surface area contributed by atoms with E-state index in [0.717, 1.165) is 0 Å². The molecule has 0 aliphatic heterocycles. The van der Waals surface area contributed by atoms with Gasteiger partial charge in [0.15, 0.2) is 0 Å². The van der Waals surface area contributed by atoms with Gasteiger partial charge in [0.2, 0.25) is 0 Å². The summed E-state index contributed by atoms with van der Waals surface area (Å²) in [5.74, 6) is 0. The number of rotatable bonds is 1. The predicted molar refractivity (Wildman–Crippen MR) is 6.20 cm³/mol. The molecule has 0 N–H and O–H groups in total. The molecule has 0 aromatic heterocycles. The molecule has 0 unspecified atom stereocenters. The Kier molecular flexibility index (Phi) is 1.23. The van der Waals surface area contributed by atoms with Crippen LogP contribution in [-0.2, 0) is 21.1 Å². The van der Waals surface area contributed by atoms with Gasteiger partial charge in [-0.1, -0.05) is 0 Å². The van der Waals surface area contributed by atoms with Gasteiger partial charge >= 0.3 is 36.4 Å². The summed E-state index contributed by atoms with van der Waals surface area (Å²) in [7, 11) is 0. The van der Waals surface area contributed by atoms with Gasteiger partial charge < -0.3 is 0 Å². The van der Waals surface area contributed by atoms with E-state index >= 15 is 0 Å². The minimum absolute atomic E-state index is 1.20. The first-order chi connectivity index (χ1) is 2.81. The van der Waals surface area contributed by atoms with Crippen LogP contribution in [0.15, 0.2) is 0 Å². The Hall–Kier alpha value is -0.0135. The van der Waals surface area contributed by atoms with E-state index in [-0.39, 0.29) is 0 Å². The molecular weight excluding hydrogens is 167 g/mol. The van der Waals surface area contributed by atoms with Crippen molar-refractivity contribution in [1.29, 1.82) is 0 Å². The van der Waals surface area contributed by atoms with Gasteiger partial charge in [-0.25, -0.2) is 0 Å². The van der Waals surface area contributed by atoms with E-state index in [1.54, 1.807) is 0 Å². The zero-order valence-corrected chi connectivity index (χ0v) is 3.70. The van der Waals surface area contributed by atoms with Crippen LogP contribution >= 0.6 is 0 Å². The van der Waals surface area contributed by atoms with Crippen molar-refractivity contribution in [2.24, 2.45) is 0 Å². The van der Waals surface area contributed by atoms with Crippen molar-refractivity contribution in [2.45, 2.75) is 0 Å². The van der Waals surface area contributed by atoms with E-state index in [9.17, 15) is 15.3 Å². The van der Waals surface area contributed by atoms with E-state index in [2.05, 4.69) is 0 Å². The van der Waals surface area contributed by atoms with E-state index in [0.29, 0.717) is 0 Å². The van der Waals surface area contributed by atoms with Crippen LogP contribution in [-0.4, -0.2) is 0 Å². The molecule has 2 nitrogen and oxygen atoms in total. The zero-order chi connectivity index (χ0) is 6.15. The third-order valence-corrected chi connectivity index (χ3v) is 0.327. The summed E-state index contributed by atoms with van der Waals surface area (Å²) in [4.78, 5) is 0. The fourth-order valence-electron chi connectivity index (χ4n) is 0. The van der Waals surface area contributed by atoms with Crippen LogP contribution in [0.5, 0.6) is 0 Å². The standard InChI is InChI=1S/Co.FO.3FH.O/c;1-2;;;;/h;;3*1H;/q+4;-1;;;;/p-3. The maximum absolute atomic E-state index is 10.4. The molecule has 0 aromatic rings. The van der Waals surface area contributed by atoms with Gasteiger partial charge in [-0.3, -0.25) is 0 Å². The van der Waals surface area contributed by atoms with E-state index < -0.39 is 13.2 Å². The van der Waals surface area contributed by atoms with Crippen molar-refractivity contribution in [2.75, 3.05) is 0 Å². The molecule has 7 heteroatoms. The number of halogens is 4. The second-order valence-electron chi connectivity index (χ2n) is 0.558.